The molecule has 0 unspecified atom stereocenters. The van der Waals surface area contributed by atoms with Crippen molar-refractivity contribution in [2.45, 2.75) is 49.0 Å². The molecular weight excluding hydrogens is 518 g/mol. The zero-order valence-electron chi connectivity index (χ0n) is 19.8. The third kappa shape index (κ3) is 5.63. The Hall–Kier alpha value is -3.03. The van der Waals surface area contributed by atoms with Gasteiger partial charge in [0.1, 0.15) is 11.9 Å². The van der Waals surface area contributed by atoms with Gasteiger partial charge in [0.05, 0.1) is 16.1 Å². The van der Waals surface area contributed by atoms with Crippen molar-refractivity contribution in [2.24, 2.45) is 0 Å². The molecule has 2 aromatic rings. The Kier molecular flexibility index (Phi) is 7.08. The van der Waals surface area contributed by atoms with E-state index in [0.717, 1.165) is 16.4 Å². The number of nitrogens with zero attached hydrogens (tertiary/aromatic N) is 2. The van der Waals surface area contributed by atoms with Gasteiger partial charge in [-0.05, 0) is 50.1 Å². The Morgan fingerprint density at radius 1 is 1.16 bits per heavy atom. The number of halogens is 4. The monoisotopic (exact) mass is 543 g/mol. The fraction of sp³-hybridized carbons (Fsp3) is 0.417. The molecule has 0 spiro atoms. The Morgan fingerprint density at radius 3 is 2.49 bits per heavy atom. The molecule has 200 valence electrons. The Bertz CT molecular complexity index is 1320. The highest BCUT2D eigenvalue weighted by molar-refractivity contribution is 7.89. The van der Waals surface area contributed by atoms with E-state index < -0.39 is 51.0 Å². The van der Waals surface area contributed by atoms with E-state index in [0.29, 0.717) is 18.9 Å². The van der Waals surface area contributed by atoms with Crippen LogP contribution < -0.4 is 5.32 Å². The van der Waals surface area contributed by atoms with Gasteiger partial charge in [-0.2, -0.15) is 17.5 Å². The Balaban J connectivity index is 1.44. The molecule has 13 heteroatoms. The van der Waals surface area contributed by atoms with E-state index in [9.17, 15) is 40.7 Å². The normalized spacial score (nSPS) is 19.9. The molecule has 0 aliphatic carbocycles. The van der Waals surface area contributed by atoms with Crippen LogP contribution in [0.25, 0.3) is 0 Å². The molecule has 4 rings (SSSR count). The highest BCUT2D eigenvalue weighted by Gasteiger charge is 2.44. The van der Waals surface area contributed by atoms with Crippen LogP contribution in [-0.2, 0) is 27.5 Å². The summed E-state index contributed by atoms with van der Waals surface area (Å²) in [5.74, 6) is -2.28. The lowest BCUT2D eigenvalue weighted by atomic mass is 10.0. The van der Waals surface area contributed by atoms with Crippen molar-refractivity contribution in [3.63, 3.8) is 0 Å². The summed E-state index contributed by atoms with van der Waals surface area (Å²) in [7, 11) is -3.92. The van der Waals surface area contributed by atoms with Crippen molar-refractivity contribution in [1.29, 1.82) is 0 Å². The lowest BCUT2D eigenvalue weighted by Gasteiger charge is -2.42. The van der Waals surface area contributed by atoms with Crippen LogP contribution in [0.5, 0.6) is 0 Å². The van der Waals surface area contributed by atoms with E-state index in [1.54, 1.807) is 0 Å². The maximum Gasteiger partial charge on any atom is 0.416 e. The number of rotatable bonds is 6. The molecule has 0 radical (unpaired) electrons. The van der Waals surface area contributed by atoms with Gasteiger partial charge in [0.15, 0.2) is 0 Å². The van der Waals surface area contributed by atoms with Crippen LogP contribution in [0.1, 0.15) is 41.3 Å². The predicted octanol–water partition coefficient (Wildman–Crippen LogP) is 2.52. The summed E-state index contributed by atoms with van der Waals surface area (Å²) in [5, 5.41) is 12.3. The molecule has 2 aliphatic rings. The first-order chi connectivity index (χ1) is 17.2. The molecule has 2 aliphatic heterocycles. The van der Waals surface area contributed by atoms with Crippen LogP contribution >= 0.6 is 0 Å². The van der Waals surface area contributed by atoms with Crippen molar-refractivity contribution < 1.29 is 40.7 Å². The van der Waals surface area contributed by atoms with Gasteiger partial charge < -0.3 is 15.3 Å². The smallest absolute Gasteiger partial charge is 0.387 e. The van der Waals surface area contributed by atoms with E-state index in [1.807, 2.05) is 0 Å². The first kappa shape index (κ1) is 27.0. The molecule has 1 atom stereocenters. The van der Waals surface area contributed by atoms with Crippen LogP contribution in [0.3, 0.4) is 0 Å². The fourth-order valence-electron chi connectivity index (χ4n) is 4.44. The second-order valence-corrected chi connectivity index (χ2v) is 11.4. The molecule has 8 nitrogen and oxygen atoms in total. The number of hydrogen-bond acceptors (Lipinski definition) is 5. The summed E-state index contributed by atoms with van der Waals surface area (Å²) in [6, 6.07) is 6.51. The summed E-state index contributed by atoms with van der Waals surface area (Å²) in [4.78, 5) is 27.2. The van der Waals surface area contributed by atoms with Gasteiger partial charge in [-0.1, -0.05) is 12.1 Å². The highest BCUT2D eigenvalue weighted by atomic mass is 32.2. The van der Waals surface area contributed by atoms with Crippen molar-refractivity contribution in [2.75, 3.05) is 19.6 Å². The van der Waals surface area contributed by atoms with E-state index in [2.05, 4.69) is 5.32 Å². The van der Waals surface area contributed by atoms with E-state index >= 15 is 0 Å². The quantitative estimate of drug-likeness (QED) is 0.545. The number of hydrogen-bond donors (Lipinski definition) is 2. The summed E-state index contributed by atoms with van der Waals surface area (Å²) >= 11 is 0. The molecule has 0 saturated carbocycles. The summed E-state index contributed by atoms with van der Waals surface area (Å²) in [6.07, 6.45) is -3.88. The van der Waals surface area contributed by atoms with E-state index in [4.69, 9.17) is 0 Å². The van der Waals surface area contributed by atoms with Crippen molar-refractivity contribution >= 4 is 21.8 Å². The second-order valence-electron chi connectivity index (χ2n) is 9.48. The molecular formula is C24H25F4N3O5S. The number of nitrogens with one attached hydrogen (secondary N) is 1. The first-order valence-electron chi connectivity index (χ1n) is 11.5. The number of carbonyl (C=O) groups is 2. The average molecular weight is 544 g/mol. The molecule has 2 amide bonds. The van der Waals surface area contributed by atoms with Crippen LogP contribution in [-0.4, -0.2) is 65.8 Å². The minimum atomic E-state index is -4.70. The molecule has 2 fully saturated rings. The lowest BCUT2D eigenvalue weighted by molar-refractivity contribution is -0.137. The number of carbonyl (C=O) groups excluding carboxylic acids is 2. The summed E-state index contributed by atoms with van der Waals surface area (Å²) in [5.41, 5.74) is -2.33. The molecule has 2 N–H and O–H groups in total. The molecule has 2 saturated heterocycles. The van der Waals surface area contributed by atoms with Gasteiger partial charge in [-0.3, -0.25) is 9.59 Å². The minimum Gasteiger partial charge on any atom is -0.387 e. The first-order valence-corrected chi connectivity index (χ1v) is 12.9. The third-order valence-electron chi connectivity index (χ3n) is 6.40. The number of benzene rings is 2. The highest BCUT2D eigenvalue weighted by Crippen LogP contribution is 2.31. The summed E-state index contributed by atoms with van der Waals surface area (Å²) in [6.45, 7) is 1.25. The molecule has 0 bridgehead atoms. The molecule has 2 aromatic carbocycles. The number of aliphatic hydroxyl groups is 1. The molecule has 37 heavy (non-hydrogen) atoms. The number of β-amino-alcohol motifs (C(OH)–C–C–N with tert-alkyl or cyclic N) is 1. The average Bonchev–Trinajstić information content (AvgIpc) is 3.30. The van der Waals surface area contributed by atoms with Gasteiger partial charge in [-0.25, -0.2) is 12.8 Å². The summed E-state index contributed by atoms with van der Waals surface area (Å²) < 4.78 is 79.1. The lowest BCUT2D eigenvalue weighted by Crippen LogP contribution is -2.61. The van der Waals surface area contributed by atoms with Crippen molar-refractivity contribution in [3.05, 3.63) is 65.0 Å². The van der Waals surface area contributed by atoms with Gasteiger partial charge in [0.25, 0.3) is 5.91 Å². The largest absolute Gasteiger partial charge is 0.416 e. The van der Waals surface area contributed by atoms with Gasteiger partial charge in [-0.15, -0.1) is 0 Å². The SMILES string of the molecule is CC1(O)CN(S(=O)(=O)c2cccc(C(=O)N3CCC[C@@H]3C(=O)NCc3ccc(C(F)(F)F)cc3F)c2)C1. The number of sulfonamides is 1. The number of amides is 2. The number of likely N-dealkylation sites (tertiary alicyclic amines) is 1. The Morgan fingerprint density at radius 2 is 1.86 bits per heavy atom. The van der Waals surface area contributed by atoms with Gasteiger partial charge >= 0.3 is 6.18 Å². The zero-order valence-corrected chi connectivity index (χ0v) is 20.6. The number of alkyl halides is 3. The van der Waals surface area contributed by atoms with Crippen molar-refractivity contribution in [3.8, 4) is 0 Å². The van der Waals surface area contributed by atoms with Crippen LogP contribution in [0.15, 0.2) is 47.4 Å². The van der Waals surface area contributed by atoms with Crippen LogP contribution in [0.2, 0.25) is 0 Å². The van der Waals surface area contributed by atoms with Crippen LogP contribution in [0.4, 0.5) is 17.6 Å². The molecule has 0 aromatic heterocycles. The fourth-order valence-corrected chi connectivity index (χ4v) is 6.16. The second kappa shape index (κ2) is 9.69. The maximum atomic E-state index is 14.1. The van der Waals surface area contributed by atoms with Crippen molar-refractivity contribution in [1.82, 2.24) is 14.5 Å². The zero-order chi connectivity index (χ0) is 27.2. The topological polar surface area (TPSA) is 107 Å². The Labute approximate surface area is 210 Å². The molecule has 2 heterocycles. The maximum absolute atomic E-state index is 14.1. The minimum absolute atomic E-state index is 0.0573. The predicted molar refractivity (Wildman–Crippen MR) is 123 cm³/mol. The van der Waals surface area contributed by atoms with E-state index in [1.165, 1.54) is 36.1 Å². The van der Waals surface area contributed by atoms with E-state index in [-0.39, 0.29) is 42.2 Å². The van der Waals surface area contributed by atoms with Crippen LogP contribution in [0, 0.1) is 5.82 Å². The van der Waals surface area contributed by atoms with Gasteiger partial charge in [0, 0.05) is 37.3 Å². The third-order valence-corrected chi connectivity index (χ3v) is 8.19. The van der Waals surface area contributed by atoms with Gasteiger partial charge in [0.2, 0.25) is 15.9 Å². The standard InChI is InChI=1S/C24H25F4N3O5S/c1-23(34)13-30(14-23)37(35,36)18-5-2-4-15(10-18)22(33)31-9-3-6-20(31)21(32)29-12-16-7-8-17(11-19(16)25)24(26,27)28/h2,4-5,7-8,10-11,20,34H,3,6,9,12-14H2,1H3,(H,29,32)/t20-/m1/s1.